The van der Waals surface area contributed by atoms with E-state index in [-0.39, 0.29) is 29.7 Å². The fourth-order valence-electron chi connectivity index (χ4n) is 5.28. The largest absolute Gasteiger partial charge is 0.497 e. The van der Waals surface area contributed by atoms with Crippen LogP contribution in [0.4, 0.5) is 0 Å². The van der Waals surface area contributed by atoms with E-state index in [1.54, 1.807) is 31.4 Å². The lowest BCUT2D eigenvalue weighted by Gasteiger charge is -2.35. The van der Waals surface area contributed by atoms with Crippen molar-refractivity contribution in [3.8, 4) is 5.75 Å². The Kier molecular flexibility index (Phi) is 12.1. The van der Waals surface area contributed by atoms with Crippen molar-refractivity contribution in [3.63, 3.8) is 0 Å². The van der Waals surface area contributed by atoms with Crippen LogP contribution in [0, 0.1) is 11.8 Å². The number of carbonyl (C=O) groups is 3. The standard InChI is InChI=1S/C31H46N4O6Si/c1-21(2)27(33-28(36)24-13-15-25(41-5)16-14-24)31(38)35-18-9-12-26(35)29(37)34-30(22(3)4)42(39,40)19-17-32-20-23-10-7-6-8-11-23/h6-8,10-11,13-16,21-22,26-27,30,32,39-40H,9,12,17-20H2,1-5H3,(H,33,36)(H,34,37)/t26-,27-,30+/m0/s1. The van der Waals surface area contributed by atoms with Gasteiger partial charge in [-0.25, -0.2) is 0 Å². The minimum absolute atomic E-state index is 0.142. The van der Waals surface area contributed by atoms with Gasteiger partial charge in [-0.05, 0) is 61.1 Å². The second-order valence-corrected chi connectivity index (χ2v) is 14.5. The molecule has 1 saturated heterocycles. The first kappa shape index (κ1) is 33.3. The lowest BCUT2D eigenvalue weighted by atomic mass is 10.0. The Morgan fingerprint density at radius 3 is 2.24 bits per heavy atom. The summed E-state index contributed by atoms with van der Waals surface area (Å²) in [7, 11) is -2.32. The highest BCUT2D eigenvalue weighted by Crippen LogP contribution is 2.23. The van der Waals surface area contributed by atoms with Crippen LogP contribution in [0.3, 0.4) is 0 Å². The number of benzene rings is 2. The molecule has 1 aliphatic heterocycles. The van der Waals surface area contributed by atoms with Crippen molar-refractivity contribution in [2.24, 2.45) is 11.8 Å². The van der Waals surface area contributed by atoms with Gasteiger partial charge in [0.15, 0.2) is 0 Å². The molecule has 0 saturated carbocycles. The number of rotatable bonds is 14. The average molecular weight is 599 g/mol. The molecular formula is C31H46N4O6Si. The van der Waals surface area contributed by atoms with Crippen LogP contribution in [-0.4, -0.2) is 78.7 Å². The lowest BCUT2D eigenvalue weighted by molar-refractivity contribution is -0.140. The van der Waals surface area contributed by atoms with E-state index in [2.05, 4.69) is 16.0 Å². The zero-order chi connectivity index (χ0) is 30.9. The van der Waals surface area contributed by atoms with Gasteiger partial charge in [0.05, 0.1) is 12.8 Å². The van der Waals surface area contributed by atoms with Crippen molar-refractivity contribution >= 4 is 26.3 Å². The van der Waals surface area contributed by atoms with Crippen molar-refractivity contribution in [2.75, 3.05) is 20.2 Å². The van der Waals surface area contributed by atoms with E-state index in [1.807, 2.05) is 58.0 Å². The van der Waals surface area contributed by atoms with Crippen LogP contribution in [-0.2, 0) is 16.1 Å². The predicted octanol–water partition coefficient (Wildman–Crippen LogP) is 2.34. The van der Waals surface area contributed by atoms with Gasteiger partial charge in [0.2, 0.25) is 11.8 Å². The number of hydrogen-bond donors (Lipinski definition) is 5. The van der Waals surface area contributed by atoms with Gasteiger partial charge >= 0.3 is 8.56 Å². The summed E-state index contributed by atoms with van der Waals surface area (Å²) in [4.78, 5) is 63.9. The lowest BCUT2D eigenvalue weighted by Crippen LogP contribution is -2.63. The molecule has 1 aliphatic rings. The number of nitrogens with one attached hydrogen (secondary N) is 3. The van der Waals surface area contributed by atoms with Gasteiger partial charge in [-0.15, -0.1) is 0 Å². The normalized spacial score (nSPS) is 16.8. The molecule has 3 atom stereocenters. The molecule has 1 heterocycles. The first-order valence-corrected chi connectivity index (χ1v) is 16.9. The fraction of sp³-hybridized carbons (Fsp3) is 0.516. The second-order valence-electron chi connectivity index (χ2n) is 11.6. The van der Waals surface area contributed by atoms with E-state index in [9.17, 15) is 24.0 Å². The maximum absolute atomic E-state index is 13.7. The maximum Gasteiger partial charge on any atom is 0.357 e. The molecule has 0 aromatic heterocycles. The molecular weight excluding hydrogens is 552 g/mol. The third-order valence-corrected chi connectivity index (χ3v) is 10.5. The summed E-state index contributed by atoms with van der Waals surface area (Å²) in [5, 5.41) is 8.98. The number of methoxy groups -OCH3 is 1. The van der Waals surface area contributed by atoms with E-state index in [0.29, 0.717) is 43.8 Å². The Hall–Kier alpha value is -3.25. The maximum atomic E-state index is 13.7. The van der Waals surface area contributed by atoms with Crippen LogP contribution in [0.1, 0.15) is 56.5 Å². The minimum Gasteiger partial charge on any atom is -0.497 e. The van der Waals surface area contributed by atoms with Crippen LogP contribution in [0.25, 0.3) is 0 Å². The highest BCUT2D eigenvalue weighted by atomic mass is 28.4. The highest BCUT2D eigenvalue weighted by molar-refractivity contribution is 6.66. The molecule has 3 amide bonds. The predicted molar refractivity (Wildman–Crippen MR) is 164 cm³/mol. The molecule has 0 unspecified atom stereocenters. The van der Waals surface area contributed by atoms with Crippen LogP contribution in [0.5, 0.6) is 5.75 Å². The molecule has 11 heteroatoms. The Balaban J connectivity index is 1.63. The number of ether oxygens (including phenoxy) is 1. The molecule has 230 valence electrons. The van der Waals surface area contributed by atoms with Gasteiger partial charge in [0.1, 0.15) is 17.8 Å². The summed E-state index contributed by atoms with van der Waals surface area (Å²) in [5.74, 6) is -0.932. The van der Waals surface area contributed by atoms with Crippen LogP contribution in [0.2, 0.25) is 6.04 Å². The van der Waals surface area contributed by atoms with Gasteiger partial charge in [-0.3, -0.25) is 14.4 Å². The molecule has 0 aliphatic carbocycles. The van der Waals surface area contributed by atoms with E-state index < -0.39 is 32.2 Å². The van der Waals surface area contributed by atoms with Gasteiger partial charge in [-0.2, -0.15) is 0 Å². The third-order valence-electron chi connectivity index (χ3n) is 7.71. The average Bonchev–Trinajstić information content (AvgIpc) is 3.47. The molecule has 2 aromatic rings. The van der Waals surface area contributed by atoms with E-state index in [0.717, 1.165) is 5.56 Å². The quantitative estimate of drug-likeness (QED) is 0.166. The number of likely N-dealkylation sites (tertiary alicyclic amines) is 1. The van der Waals surface area contributed by atoms with E-state index in [1.165, 1.54) is 4.90 Å². The third kappa shape index (κ3) is 8.87. The first-order chi connectivity index (χ1) is 19.9. The van der Waals surface area contributed by atoms with E-state index >= 15 is 0 Å². The number of amides is 3. The molecule has 0 spiro atoms. The summed E-state index contributed by atoms with van der Waals surface area (Å²) in [6.45, 7) is 8.77. The second kappa shape index (κ2) is 15.3. The molecule has 0 radical (unpaired) electrons. The van der Waals surface area contributed by atoms with Gasteiger partial charge in [0, 0.05) is 24.7 Å². The fourth-order valence-corrected chi connectivity index (χ4v) is 7.58. The number of carbonyl (C=O) groups excluding carboxylic acids is 3. The van der Waals surface area contributed by atoms with Gasteiger partial charge < -0.3 is 35.2 Å². The van der Waals surface area contributed by atoms with Crippen molar-refractivity contribution in [1.29, 1.82) is 0 Å². The Morgan fingerprint density at radius 1 is 0.976 bits per heavy atom. The van der Waals surface area contributed by atoms with Crippen molar-refractivity contribution in [1.82, 2.24) is 20.9 Å². The Morgan fingerprint density at radius 2 is 1.64 bits per heavy atom. The molecule has 42 heavy (non-hydrogen) atoms. The number of hydrogen-bond acceptors (Lipinski definition) is 7. The summed E-state index contributed by atoms with van der Waals surface area (Å²) in [6, 6.07) is 15.0. The zero-order valence-corrected chi connectivity index (χ0v) is 26.3. The minimum atomic E-state index is -3.87. The van der Waals surface area contributed by atoms with Crippen LogP contribution < -0.4 is 20.7 Å². The molecule has 10 nitrogen and oxygen atoms in total. The van der Waals surface area contributed by atoms with Gasteiger partial charge in [0.25, 0.3) is 5.91 Å². The Labute approximate surface area is 250 Å². The molecule has 5 N–H and O–H groups in total. The van der Waals surface area contributed by atoms with Crippen molar-refractivity contribution in [2.45, 2.75) is 70.9 Å². The number of nitrogens with zero attached hydrogens (tertiary/aromatic N) is 1. The smallest absolute Gasteiger partial charge is 0.357 e. The molecule has 3 rings (SSSR count). The Bertz CT molecular complexity index is 1180. The highest BCUT2D eigenvalue weighted by Gasteiger charge is 2.45. The monoisotopic (exact) mass is 598 g/mol. The van der Waals surface area contributed by atoms with Crippen LogP contribution in [0.15, 0.2) is 54.6 Å². The summed E-state index contributed by atoms with van der Waals surface area (Å²) >= 11 is 0. The van der Waals surface area contributed by atoms with E-state index in [4.69, 9.17) is 4.74 Å². The summed E-state index contributed by atoms with van der Waals surface area (Å²) < 4.78 is 5.15. The molecule has 0 bridgehead atoms. The zero-order valence-electron chi connectivity index (χ0n) is 25.3. The SMILES string of the molecule is COc1ccc(C(=O)N[C@H](C(=O)N2CCC[C@H]2C(=O)N[C@@H](C(C)C)[Si](O)(O)CCNCc2ccccc2)C(C)C)cc1. The van der Waals surface area contributed by atoms with Crippen molar-refractivity contribution in [3.05, 3.63) is 65.7 Å². The van der Waals surface area contributed by atoms with Crippen LogP contribution >= 0.6 is 0 Å². The first-order valence-electron chi connectivity index (χ1n) is 14.7. The van der Waals surface area contributed by atoms with Gasteiger partial charge in [-0.1, -0.05) is 58.0 Å². The summed E-state index contributed by atoms with van der Waals surface area (Å²) in [5.41, 5.74) is 0.687. The molecule has 1 fully saturated rings. The topological polar surface area (TPSA) is 140 Å². The summed E-state index contributed by atoms with van der Waals surface area (Å²) in [6.07, 6.45) is 1.10. The van der Waals surface area contributed by atoms with Crippen molar-refractivity contribution < 1.29 is 28.7 Å². The molecule has 2 aromatic carbocycles.